The number of carbonyl (C=O) groups excluding carboxylic acids is 1. The van der Waals surface area contributed by atoms with Crippen LogP contribution in [0.1, 0.15) is 40.0 Å². The van der Waals surface area contributed by atoms with Crippen LogP contribution in [0.2, 0.25) is 0 Å². The van der Waals surface area contributed by atoms with Gasteiger partial charge in [-0.2, -0.15) is 4.98 Å². The molecular weight excluding hydrogens is 374 g/mol. The number of rotatable bonds is 7. The minimum absolute atomic E-state index is 0.118. The number of aryl methyl sites for hydroxylation is 2. The third kappa shape index (κ3) is 4.32. The molecule has 8 nitrogen and oxygen atoms in total. The summed E-state index contributed by atoms with van der Waals surface area (Å²) in [6, 6.07) is 6.00. The number of H-pyrrole nitrogens is 1. The first-order valence-electron chi connectivity index (χ1n) is 9.35. The van der Waals surface area contributed by atoms with Gasteiger partial charge in [0.05, 0.1) is 20.3 Å². The number of hydrogen-bond donors (Lipinski definition) is 1. The molecule has 154 valence electrons. The number of methoxy groups -OCH3 is 1. The normalized spacial score (nSPS) is 11.2. The molecule has 0 saturated heterocycles. The van der Waals surface area contributed by atoms with Crippen LogP contribution in [-0.4, -0.2) is 41.6 Å². The molecular formula is C21H25N3O5. The number of fused-ring (bicyclic) bond motifs is 1. The molecule has 0 spiro atoms. The van der Waals surface area contributed by atoms with Crippen molar-refractivity contribution in [1.29, 1.82) is 0 Å². The highest BCUT2D eigenvalue weighted by molar-refractivity contribution is 6.03. The lowest BCUT2D eigenvalue weighted by Crippen LogP contribution is -2.22. The number of nitrogens with one attached hydrogen (secondary N) is 1. The van der Waals surface area contributed by atoms with Crippen molar-refractivity contribution in [2.45, 2.75) is 33.9 Å². The highest BCUT2D eigenvalue weighted by Crippen LogP contribution is 2.23. The standard InChI is InChI=1S/C21H25N3O5/c1-6-28-21(26)17-13(3)29-20-18(17)19(25)22-16(23-20)11-24(4)10-14-9-12(2)7-8-15(14)27-5/h7-9H,6,10-11H2,1-5H3,(H,22,23,25). The number of aromatic nitrogens is 2. The maximum absolute atomic E-state index is 12.6. The van der Waals surface area contributed by atoms with E-state index in [0.717, 1.165) is 16.9 Å². The van der Waals surface area contributed by atoms with E-state index < -0.39 is 11.5 Å². The Balaban J connectivity index is 1.87. The third-order valence-corrected chi connectivity index (χ3v) is 4.56. The number of carbonyl (C=O) groups is 1. The molecule has 0 unspecified atom stereocenters. The van der Waals surface area contributed by atoms with E-state index in [1.807, 2.05) is 31.0 Å². The molecule has 3 aromatic rings. The van der Waals surface area contributed by atoms with Gasteiger partial charge in [0.25, 0.3) is 5.56 Å². The van der Waals surface area contributed by atoms with E-state index in [4.69, 9.17) is 13.9 Å². The molecule has 0 atom stereocenters. The Morgan fingerprint density at radius 1 is 1.28 bits per heavy atom. The number of esters is 1. The summed E-state index contributed by atoms with van der Waals surface area (Å²) < 4.78 is 16.0. The molecule has 8 heteroatoms. The van der Waals surface area contributed by atoms with Crippen LogP contribution in [0.25, 0.3) is 11.1 Å². The van der Waals surface area contributed by atoms with E-state index >= 15 is 0 Å². The van der Waals surface area contributed by atoms with Gasteiger partial charge in [-0.1, -0.05) is 17.7 Å². The molecule has 0 aliphatic rings. The Kier molecular flexibility index (Phi) is 6.03. The summed E-state index contributed by atoms with van der Waals surface area (Å²) >= 11 is 0. The minimum atomic E-state index is -0.590. The Labute approximate surface area is 168 Å². The van der Waals surface area contributed by atoms with Crippen LogP contribution >= 0.6 is 0 Å². The van der Waals surface area contributed by atoms with E-state index in [2.05, 4.69) is 16.0 Å². The molecule has 0 aliphatic carbocycles. The van der Waals surface area contributed by atoms with Crippen molar-refractivity contribution in [3.8, 4) is 5.75 Å². The number of aromatic amines is 1. The number of nitrogens with zero attached hydrogens (tertiary/aromatic N) is 2. The number of ether oxygens (including phenoxy) is 2. The summed E-state index contributed by atoms with van der Waals surface area (Å²) in [6.07, 6.45) is 0. The number of furan rings is 1. The van der Waals surface area contributed by atoms with Crippen molar-refractivity contribution < 1.29 is 18.7 Å². The lowest BCUT2D eigenvalue weighted by molar-refractivity contribution is 0.0526. The first kappa shape index (κ1) is 20.6. The largest absolute Gasteiger partial charge is 0.496 e. The molecule has 0 radical (unpaired) electrons. The van der Waals surface area contributed by atoms with Crippen LogP contribution in [0, 0.1) is 13.8 Å². The zero-order chi connectivity index (χ0) is 21.1. The number of benzene rings is 1. The topological polar surface area (TPSA) is 97.7 Å². The SMILES string of the molecule is CCOC(=O)c1c(C)oc2nc(CN(C)Cc3cc(C)ccc3OC)[nH]c(=O)c12. The van der Waals surface area contributed by atoms with Crippen LogP contribution in [0.5, 0.6) is 5.75 Å². The molecule has 0 saturated carbocycles. The predicted molar refractivity (Wildman–Crippen MR) is 108 cm³/mol. The summed E-state index contributed by atoms with van der Waals surface area (Å²) in [5.74, 6) is 0.972. The van der Waals surface area contributed by atoms with Crippen molar-refractivity contribution in [1.82, 2.24) is 14.9 Å². The van der Waals surface area contributed by atoms with E-state index in [0.29, 0.717) is 24.7 Å². The lowest BCUT2D eigenvalue weighted by atomic mass is 10.1. The smallest absolute Gasteiger partial charge is 0.342 e. The summed E-state index contributed by atoms with van der Waals surface area (Å²) in [4.78, 5) is 33.9. The maximum Gasteiger partial charge on any atom is 0.342 e. The molecule has 29 heavy (non-hydrogen) atoms. The predicted octanol–water partition coefficient (Wildman–Crippen LogP) is 2.95. The van der Waals surface area contributed by atoms with Gasteiger partial charge in [0.15, 0.2) is 0 Å². The molecule has 0 fully saturated rings. The fourth-order valence-electron chi connectivity index (χ4n) is 3.32. The Bertz CT molecular complexity index is 1100. The third-order valence-electron chi connectivity index (χ3n) is 4.56. The number of hydrogen-bond acceptors (Lipinski definition) is 7. The molecule has 2 aromatic heterocycles. The molecule has 0 aliphatic heterocycles. The fourth-order valence-corrected chi connectivity index (χ4v) is 3.32. The average molecular weight is 399 g/mol. The molecule has 3 rings (SSSR count). The molecule has 2 heterocycles. The van der Waals surface area contributed by atoms with Crippen LogP contribution in [0.4, 0.5) is 0 Å². The van der Waals surface area contributed by atoms with E-state index in [9.17, 15) is 9.59 Å². The molecule has 1 aromatic carbocycles. The van der Waals surface area contributed by atoms with Crippen LogP contribution < -0.4 is 10.3 Å². The zero-order valence-corrected chi connectivity index (χ0v) is 17.3. The van der Waals surface area contributed by atoms with Crippen molar-refractivity contribution >= 4 is 17.1 Å². The first-order valence-corrected chi connectivity index (χ1v) is 9.35. The lowest BCUT2D eigenvalue weighted by Gasteiger charge is -2.18. The summed E-state index contributed by atoms with van der Waals surface area (Å²) in [5.41, 5.74) is 2.01. The van der Waals surface area contributed by atoms with Gasteiger partial charge in [0.2, 0.25) is 5.71 Å². The summed E-state index contributed by atoms with van der Waals surface area (Å²) in [7, 11) is 3.56. The Morgan fingerprint density at radius 2 is 2.03 bits per heavy atom. The highest BCUT2D eigenvalue weighted by Gasteiger charge is 2.23. The first-order chi connectivity index (χ1) is 13.8. The minimum Gasteiger partial charge on any atom is -0.496 e. The van der Waals surface area contributed by atoms with Gasteiger partial charge in [0, 0.05) is 12.1 Å². The van der Waals surface area contributed by atoms with Gasteiger partial charge in [-0.3, -0.25) is 9.69 Å². The molecule has 0 bridgehead atoms. The van der Waals surface area contributed by atoms with Gasteiger partial charge in [-0.25, -0.2) is 4.79 Å². The molecule has 1 N–H and O–H groups in total. The van der Waals surface area contributed by atoms with Gasteiger partial charge in [-0.15, -0.1) is 0 Å². The van der Waals surface area contributed by atoms with E-state index in [-0.39, 0.29) is 23.3 Å². The Hall–Kier alpha value is -3.13. The van der Waals surface area contributed by atoms with Crippen molar-refractivity contribution in [2.24, 2.45) is 0 Å². The average Bonchev–Trinajstić information content (AvgIpc) is 2.98. The summed E-state index contributed by atoms with van der Waals surface area (Å²) in [5, 5.41) is 0.118. The van der Waals surface area contributed by atoms with Gasteiger partial charge in [-0.05, 0) is 33.9 Å². The van der Waals surface area contributed by atoms with E-state index in [1.54, 1.807) is 21.0 Å². The van der Waals surface area contributed by atoms with Crippen molar-refractivity contribution in [3.63, 3.8) is 0 Å². The second-order valence-corrected chi connectivity index (χ2v) is 6.93. The van der Waals surface area contributed by atoms with Crippen molar-refractivity contribution in [3.05, 3.63) is 56.8 Å². The van der Waals surface area contributed by atoms with Crippen LogP contribution in [0.15, 0.2) is 27.4 Å². The maximum atomic E-state index is 12.6. The van der Waals surface area contributed by atoms with Gasteiger partial charge < -0.3 is 18.9 Å². The van der Waals surface area contributed by atoms with E-state index in [1.165, 1.54) is 0 Å². The molecule has 0 amide bonds. The monoisotopic (exact) mass is 399 g/mol. The Morgan fingerprint density at radius 3 is 2.72 bits per heavy atom. The van der Waals surface area contributed by atoms with Gasteiger partial charge in [0.1, 0.15) is 28.3 Å². The second kappa shape index (κ2) is 8.48. The van der Waals surface area contributed by atoms with Gasteiger partial charge >= 0.3 is 5.97 Å². The highest BCUT2D eigenvalue weighted by atomic mass is 16.5. The van der Waals surface area contributed by atoms with Crippen LogP contribution in [-0.2, 0) is 17.8 Å². The second-order valence-electron chi connectivity index (χ2n) is 6.93. The summed E-state index contributed by atoms with van der Waals surface area (Å²) in [6.45, 7) is 6.55. The van der Waals surface area contributed by atoms with Crippen LogP contribution in [0.3, 0.4) is 0 Å². The zero-order valence-electron chi connectivity index (χ0n) is 17.3. The fraction of sp³-hybridized carbons (Fsp3) is 0.381. The quantitative estimate of drug-likeness (QED) is 0.610. The van der Waals surface area contributed by atoms with Crippen molar-refractivity contribution in [2.75, 3.05) is 20.8 Å².